The molecule has 1 aromatic heterocycles. The summed E-state index contributed by atoms with van der Waals surface area (Å²) in [6.45, 7) is 3.21. The topological polar surface area (TPSA) is 82.3 Å². The Hall–Kier alpha value is -2.90. The predicted octanol–water partition coefficient (Wildman–Crippen LogP) is 3.40. The van der Waals surface area contributed by atoms with Gasteiger partial charge in [0.15, 0.2) is 0 Å². The number of para-hydroxylation sites is 1. The fourth-order valence-corrected chi connectivity index (χ4v) is 4.71. The molecule has 0 saturated carbocycles. The summed E-state index contributed by atoms with van der Waals surface area (Å²) in [5.41, 5.74) is 4.02. The van der Waals surface area contributed by atoms with Gasteiger partial charge in [0, 0.05) is 47.9 Å². The Balaban J connectivity index is 1.49. The standard InChI is InChI=1S/C22H23N3O3S/c1-2-24-29(27,28)18-9-7-17(8-10-18)22(26)25-13-11-16(12-14-25)20-15-23-21-6-4-3-5-19(20)21/h3-11,15,23-24H,2,12-14H2,1H3. The molecule has 6 nitrogen and oxygen atoms in total. The zero-order valence-corrected chi connectivity index (χ0v) is 17.0. The molecule has 0 fully saturated rings. The smallest absolute Gasteiger partial charge is 0.254 e. The Labute approximate surface area is 170 Å². The molecule has 0 radical (unpaired) electrons. The Bertz CT molecular complexity index is 1180. The summed E-state index contributed by atoms with van der Waals surface area (Å²) in [5.74, 6) is -0.0911. The lowest BCUT2D eigenvalue weighted by atomic mass is 9.98. The van der Waals surface area contributed by atoms with Gasteiger partial charge in [-0.1, -0.05) is 31.2 Å². The molecule has 4 rings (SSSR count). The number of hydrogen-bond acceptors (Lipinski definition) is 3. The van der Waals surface area contributed by atoms with Crippen molar-refractivity contribution >= 4 is 32.4 Å². The van der Waals surface area contributed by atoms with E-state index in [2.05, 4.69) is 27.9 Å². The molecule has 29 heavy (non-hydrogen) atoms. The lowest BCUT2D eigenvalue weighted by Gasteiger charge is -2.26. The normalized spacial score (nSPS) is 14.8. The first-order valence-electron chi connectivity index (χ1n) is 9.64. The largest absolute Gasteiger partial charge is 0.361 e. The van der Waals surface area contributed by atoms with Crippen molar-refractivity contribution in [2.24, 2.45) is 0 Å². The van der Waals surface area contributed by atoms with Gasteiger partial charge < -0.3 is 9.88 Å². The molecule has 2 aromatic carbocycles. The van der Waals surface area contributed by atoms with Crippen molar-refractivity contribution in [2.75, 3.05) is 19.6 Å². The highest BCUT2D eigenvalue weighted by atomic mass is 32.2. The maximum Gasteiger partial charge on any atom is 0.254 e. The van der Waals surface area contributed by atoms with E-state index in [1.165, 1.54) is 28.7 Å². The second-order valence-corrected chi connectivity index (χ2v) is 8.77. The first-order valence-corrected chi connectivity index (χ1v) is 11.1. The van der Waals surface area contributed by atoms with E-state index < -0.39 is 10.0 Å². The number of nitrogens with one attached hydrogen (secondary N) is 2. The van der Waals surface area contributed by atoms with Crippen LogP contribution in [0.1, 0.15) is 29.3 Å². The van der Waals surface area contributed by atoms with Crippen LogP contribution in [0.5, 0.6) is 0 Å². The molecule has 7 heteroatoms. The van der Waals surface area contributed by atoms with Crippen molar-refractivity contribution in [3.8, 4) is 0 Å². The van der Waals surface area contributed by atoms with Crippen molar-refractivity contribution < 1.29 is 13.2 Å². The van der Waals surface area contributed by atoms with Crippen molar-refractivity contribution in [2.45, 2.75) is 18.2 Å². The van der Waals surface area contributed by atoms with Gasteiger partial charge in [0.2, 0.25) is 10.0 Å². The molecular formula is C22H23N3O3S. The van der Waals surface area contributed by atoms with E-state index in [1.807, 2.05) is 18.3 Å². The summed E-state index contributed by atoms with van der Waals surface area (Å²) in [4.78, 5) is 18.1. The summed E-state index contributed by atoms with van der Waals surface area (Å²) in [5, 5.41) is 1.19. The van der Waals surface area contributed by atoms with Crippen molar-refractivity contribution in [1.82, 2.24) is 14.6 Å². The van der Waals surface area contributed by atoms with E-state index in [-0.39, 0.29) is 10.8 Å². The molecule has 3 aromatic rings. The number of nitrogens with zero attached hydrogens (tertiary/aromatic N) is 1. The van der Waals surface area contributed by atoms with Crippen molar-refractivity contribution in [1.29, 1.82) is 0 Å². The molecule has 1 aliphatic heterocycles. The van der Waals surface area contributed by atoms with Crippen molar-refractivity contribution in [3.63, 3.8) is 0 Å². The highest BCUT2D eigenvalue weighted by Crippen LogP contribution is 2.29. The lowest BCUT2D eigenvalue weighted by Crippen LogP contribution is -2.34. The van der Waals surface area contributed by atoms with E-state index in [4.69, 9.17) is 0 Å². The minimum atomic E-state index is -3.52. The van der Waals surface area contributed by atoms with Gasteiger partial charge in [0.25, 0.3) is 5.91 Å². The number of H-pyrrole nitrogens is 1. The average molecular weight is 410 g/mol. The molecular weight excluding hydrogens is 386 g/mol. The SMILES string of the molecule is CCNS(=O)(=O)c1ccc(C(=O)N2CC=C(c3c[nH]c4ccccc34)CC2)cc1. The van der Waals surface area contributed by atoms with Crippen LogP contribution in [0.25, 0.3) is 16.5 Å². The zero-order chi connectivity index (χ0) is 20.4. The maximum atomic E-state index is 12.8. The van der Waals surface area contributed by atoms with Crippen LogP contribution in [0.15, 0.2) is 65.7 Å². The van der Waals surface area contributed by atoms with Crippen LogP contribution in [0, 0.1) is 0 Å². The van der Waals surface area contributed by atoms with Crippen LogP contribution in [-0.2, 0) is 10.0 Å². The average Bonchev–Trinajstić information content (AvgIpc) is 3.18. The summed E-state index contributed by atoms with van der Waals surface area (Å²) in [6, 6.07) is 14.3. The Morgan fingerprint density at radius 2 is 1.90 bits per heavy atom. The second kappa shape index (κ2) is 7.85. The highest BCUT2D eigenvalue weighted by Gasteiger charge is 2.21. The number of aromatic nitrogens is 1. The maximum absolute atomic E-state index is 12.8. The molecule has 2 heterocycles. The van der Waals surface area contributed by atoms with Crippen LogP contribution in [0.3, 0.4) is 0 Å². The minimum Gasteiger partial charge on any atom is -0.361 e. The van der Waals surface area contributed by atoms with Gasteiger partial charge in [-0.3, -0.25) is 4.79 Å². The molecule has 0 saturated heterocycles. The van der Waals surface area contributed by atoms with E-state index >= 15 is 0 Å². The number of amides is 1. The summed E-state index contributed by atoms with van der Waals surface area (Å²) < 4.78 is 26.5. The predicted molar refractivity (Wildman–Crippen MR) is 114 cm³/mol. The van der Waals surface area contributed by atoms with Crippen LogP contribution >= 0.6 is 0 Å². The zero-order valence-electron chi connectivity index (χ0n) is 16.2. The monoisotopic (exact) mass is 409 g/mol. The van der Waals surface area contributed by atoms with Gasteiger partial charge in [0.1, 0.15) is 0 Å². The highest BCUT2D eigenvalue weighted by molar-refractivity contribution is 7.89. The number of rotatable bonds is 5. The van der Waals surface area contributed by atoms with Crippen molar-refractivity contribution in [3.05, 3.63) is 71.9 Å². The van der Waals surface area contributed by atoms with Crippen LogP contribution < -0.4 is 4.72 Å². The summed E-state index contributed by atoms with van der Waals surface area (Å²) in [6.07, 6.45) is 4.90. The third-order valence-electron chi connectivity index (χ3n) is 5.18. The number of carbonyl (C=O) groups excluding carboxylic acids is 1. The van der Waals surface area contributed by atoms with Crippen LogP contribution in [0.4, 0.5) is 0 Å². The minimum absolute atomic E-state index is 0.0911. The molecule has 2 N–H and O–H groups in total. The number of hydrogen-bond donors (Lipinski definition) is 2. The first kappa shape index (κ1) is 19.4. The lowest BCUT2D eigenvalue weighted by molar-refractivity contribution is 0.0773. The second-order valence-electron chi connectivity index (χ2n) is 7.00. The number of carbonyl (C=O) groups is 1. The van der Waals surface area contributed by atoms with Gasteiger partial charge in [0.05, 0.1) is 4.90 Å². The molecule has 150 valence electrons. The fraction of sp³-hybridized carbons (Fsp3) is 0.227. The molecule has 0 unspecified atom stereocenters. The van der Waals surface area contributed by atoms with E-state index in [1.54, 1.807) is 24.0 Å². The quantitative estimate of drug-likeness (QED) is 0.678. The summed E-state index contributed by atoms with van der Waals surface area (Å²) in [7, 11) is -3.52. The Morgan fingerprint density at radius 1 is 1.14 bits per heavy atom. The molecule has 0 atom stereocenters. The van der Waals surface area contributed by atoms with Crippen LogP contribution in [-0.4, -0.2) is 43.8 Å². The Kier molecular flexibility index (Phi) is 5.25. The Morgan fingerprint density at radius 3 is 2.59 bits per heavy atom. The number of sulfonamides is 1. The summed E-state index contributed by atoms with van der Waals surface area (Å²) >= 11 is 0. The molecule has 1 amide bonds. The number of aromatic amines is 1. The third-order valence-corrected chi connectivity index (χ3v) is 6.74. The van der Waals surface area contributed by atoms with Gasteiger partial charge in [-0.15, -0.1) is 0 Å². The van der Waals surface area contributed by atoms with Gasteiger partial charge in [-0.2, -0.15) is 0 Å². The van der Waals surface area contributed by atoms with Gasteiger partial charge in [-0.05, 0) is 42.3 Å². The van der Waals surface area contributed by atoms with Gasteiger partial charge >= 0.3 is 0 Å². The molecule has 0 aliphatic carbocycles. The number of benzene rings is 2. The molecule has 1 aliphatic rings. The van der Waals surface area contributed by atoms with E-state index in [0.717, 1.165) is 11.9 Å². The molecule has 0 bridgehead atoms. The molecule has 0 spiro atoms. The first-order chi connectivity index (χ1) is 14.0. The van der Waals surface area contributed by atoms with Crippen LogP contribution in [0.2, 0.25) is 0 Å². The van der Waals surface area contributed by atoms with Gasteiger partial charge in [-0.25, -0.2) is 13.1 Å². The van der Waals surface area contributed by atoms with E-state index in [0.29, 0.717) is 25.2 Å². The fourth-order valence-electron chi connectivity index (χ4n) is 3.67. The number of fused-ring (bicyclic) bond motifs is 1. The third kappa shape index (κ3) is 3.83. The van der Waals surface area contributed by atoms with E-state index in [9.17, 15) is 13.2 Å².